The van der Waals surface area contributed by atoms with Gasteiger partial charge in [0.1, 0.15) is 0 Å². The summed E-state index contributed by atoms with van der Waals surface area (Å²) in [7, 11) is 0. The maximum atomic E-state index is 9.63. The minimum atomic E-state index is 0.0931. The highest BCUT2D eigenvalue weighted by atomic mass is 32.2. The van der Waals surface area contributed by atoms with E-state index in [1.54, 1.807) is 11.3 Å². The molecular weight excluding hydrogens is 332 g/mol. The van der Waals surface area contributed by atoms with Gasteiger partial charge in [0.2, 0.25) is 0 Å². The van der Waals surface area contributed by atoms with Crippen LogP contribution >= 0.6 is 23.1 Å². The van der Waals surface area contributed by atoms with Crippen LogP contribution in [-0.2, 0) is 6.61 Å². The van der Waals surface area contributed by atoms with Gasteiger partial charge >= 0.3 is 0 Å². The zero-order chi connectivity index (χ0) is 16.1. The predicted molar refractivity (Wildman–Crippen MR) is 103 cm³/mol. The Labute approximate surface area is 148 Å². The molecule has 116 valence electrons. The second-order valence-electron chi connectivity index (χ2n) is 5.91. The molecule has 4 aromatic rings. The number of aliphatic hydroxyl groups excluding tert-OH is 1. The molecule has 0 bridgehead atoms. The largest absolute Gasteiger partial charge is 0.391 e. The molecule has 1 aliphatic rings. The monoisotopic (exact) mass is 346 g/mol. The number of benzene rings is 3. The van der Waals surface area contributed by atoms with Gasteiger partial charge in [-0.15, -0.1) is 11.3 Å². The molecule has 3 heteroatoms. The number of rotatable bonds is 1. The predicted octanol–water partition coefficient (Wildman–Crippen LogP) is 6.19. The molecule has 1 N–H and O–H groups in total. The molecule has 3 aromatic carbocycles. The van der Waals surface area contributed by atoms with Crippen molar-refractivity contribution in [3.63, 3.8) is 0 Å². The summed E-state index contributed by atoms with van der Waals surface area (Å²) in [4.78, 5) is 4.83. The fourth-order valence-electron chi connectivity index (χ4n) is 3.30. The Morgan fingerprint density at radius 1 is 0.708 bits per heavy atom. The summed E-state index contributed by atoms with van der Waals surface area (Å²) in [6.45, 7) is 0.0931. The van der Waals surface area contributed by atoms with Gasteiger partial charge in [0.05, 0.1) is 6.61 Å². The summed E-state index contributed by atoms with van der Waals surface area (Å²) in [5.41, 5.74) is 3.77. The zero-order valence-corrected chi connectivity index (χ0v) is 14.5. The number of aliphatic hydroxyl groups is 1. The highest BCUT2D eigenvalue weighted by Crippen LogP contribution is 2.51. The summed E-state index contributed by atoms with van der Waals surface area (Å²) in [6, 6.07) is 23.8. The van der Waals surface area contributed by atoms with Crippen LogP contribution in [0.1, 0.15) is 4.88 Å². The number of fused-ring (bicyclic) bond motifs is 6. The molecule has 5 rings (SSSR count). The lowest BCUT2D eigenvalue weighted by Crippen LogP contribution is -1.81. The van der Waals surface area contributed by atoms with Crippen molar-refractivity contribution < 1.29 is 5.11 Å². The number of hydrogen-bond acceptors (Lipinski definition) is 3. The maximum absolute atomic E-state index is 9.63. The first-order valence-electron chi connectivity index (χ1n) is 7.87. The summed E-state index contributed by atoms with van der Waals surface area (Å²) >= 11 is 3.54. The molecule has 0 amide bonds. The van der Waals surface area contributed by atoms with Crippen LogP contribution in [0.3, 0.4) is 0 Å². The van der Waals surface area contributed by atoms with Gasteiger partial charge in [-0.25, -0.2) is 0 Å². The Hall–Kier alpha value is -2.07. The van der Waals surface area contributed by atoms with Gasteiger partial charge in [-0.3, -0.25) is 0 Å². The topological polar surface area (TPSA) is 20.2 Å². The first-order valence-corrected chi connectivity index (χ1v) is 9.51. The van der Waals surface area contributed by atoms with Crippen LogP contribution in [0.4, 0.5) is 0 Å². The maximum Gasteiger partial charge on any atom is 0.0774 e. The second-order valence-corrected chi connectivity index (χ2v) is 8.13. The Morgan fingerprint density at radius 2 is 1.46 bits per heavy atom. The van der Waals surface area contributed by atoms with Crippen molar-refractivity contribution in [2.75, 3.05) is 0 Å². The van der Waals surface area contributed by atoms with Gasteiger partial charge in [-0.2, -0.15) is 0 Å². The van der Waals surface area contributed by atoms with E-state index in [9.17, 15) is 5.11 Å². The third kappa shape index (κ3) is 2.13. The highest BCUT2D eigenvalue weighted by molar-refractivity contribution is 7.99. The van der Waals surface area contributed by atoms with Gasteiger partial charge in [0, 0.05) is 30.7 Å². The van der Waals surface area contributed by atoms with E-state index in [0.29, 0.717) is 0 Å². The highest BCUT2D eigenvalue weighted by Gasteiger charge is 2.22. The van der Waals surface area contributed by atoms with E-state index in [0.717, 1.165) is 4.88 Å². The quantitative estimate of drug-likeness (QED) is 0.390. The Balaban J connectivity index is 1.89. The number of hydrogen-bond donors (Lipinski definition) is 1. The smallest absolute Gasteiger partial charge is 0.0774 e. The lowest BCUT2D eigenvalue weighted by molar-refractivity contribution is 0.285. The lowest BCUT2D eigenvalue weighted by Gasteiger charge is -2.08. The third-order valence-electron chi connectivity index (χ3n) is 4.43. The van der Waals surface area contributed by atoms with E-state index in [2.05, 4.69) is 66.7 Å². The summed E-state index contributed by atoms with van der Waals surface area (Å²) < 4.78 is 0. The molecule has 0 saturated heterocycles. The van der Waals surface area contributed by atoms with Crippen molar-refractivity contribution in [2.45, 2.75) is 16.4 Å². The molecule has 24 heavy (non-hydrogen) atoms. The fraction of sp³-hybridized carbons (Fsp3) is 0.0476. The van der Waals surface area contributed by atoms with Crippen LogP contribution in [0.2, 0.25) is 0 Å². The van der Waals surface area contributed by atoms with Crippen LogP contribution < -0.4 is 0 Å². The van der Waals surface area contributed by atoms with E-state index < -0.39 is 0 Å². The molecule has 0 aliphatic carbocycles. The molecule has 0 saturated carbocycles. The van der Waals surface area contributed by atoms with Gasteiger partial charge in [-0.05, 0) is 40.6 Å². The molecule has 0 atom stereocenters. The average Bonchev–Trinajstić information content (AvgIpc) is 3.01. The van der Waals surface area contributed by atoms with Crippen LogP contribution in [-0.4, -0.2) is 5.11 Å². The van der Waals surface area contributed by atoms with E-state index >= 15 is 0 Å². The molecule has 1 aromatic heterocycles. The normalized spacial score (nSPS) is 12.4. The first kappa shape index (κ1) is 14.3. The second kappa shape index (κ2) is 5.49. The van der Waals surface area contributed by atoms with Crippen LogP contribution in [0, 0.1) is 0 Å². The first-order chi connectivity index (χ1) is 11.8. The summed E-state index contributed by atoms with van der Waals surface area (Å²) in [5.74, 6) is 0. The van der Waals surface area contributed by atoms with Gasteiger partial charge in [0.15, 0.2) is 0 Å². The molecule has 0 radical (unpaired) electrons. The molecule has 0 spiro atoms. The minimum Gasteiger partial charge on any atom is -0.391 e. The molecule has 0 fully saturated rings. The van der Waals surface area contributed by atoms with Crippen molar-refractivity contribution in [3.05, 3.63) is 71.6 Å². The fourth-order valence-corrected chi connectivity index (χ4v) is 5.55. The van der Waals surface area contributed by atoms with E-state index in [1.807, 2.05) is 11.8 Å². The Kier molecular flexibility index (Phi) is 3.27. The Bertz CT molecular complexity index is 1080. The average molecular weight is 346 g/mol. The molecule has 1 nitrogen and oxygen atoms in total. The van der Waals surface area contributed by atoms with E-state index in [-0.39, 0.29) is 6.61 Å². The minimum absolute atomic E-state index is 0.0931. The summed E-state index contributed by atoms with van der Waals surface area (Å²) in [6.07, 6.45) is 0. The molecule has 0 unspecified atom stereocenters. The van der Waals surface area contributed by atoms with E-state index in [4.69, 9.17) is 0 Å². The van der Waals surface area contributed by atoms with Gasteiger partial charge in [0.25, 0.3) is 0 Å². The van der Waals surface area contributed by atoms with Gasteiger partial charge < -0.3 is 5.11 Å². The van der Waals surface area contributed by atoms with Crippen LogP contribution in [0.15, 0.2) is 76.5 Å². The Morgan fingerprint density at radius 3 is 2.29 bits per heavy atom. The molecular formula is C21H14OS2. The van der Waals surface area contributed by atoms with Crippen molar-refractivity contribution in [3.8, 4) is 21.6 Å². The molecule has 1 aliphatic heterocycles. The van der Waals surface area contributed by atoms with Crippen molar-refractivity contribution in [1.29, 1.82) is 0 Å². The number of thiophene rings is 1. The van der Waals surface area contributed by atoms with Crippen molar-refractivity contribution in [1.82, 2.24) is 0 Å². The van der Waals surface area contributed by atoms with Gasteiger partial charge in [-0.1, -0.05) is 54.2 Å². The van der Waals surface area contributed by atoms with Crippen LogP contribution in [0.5, 0.6) is 0 Å². The third-order valence-corrected chi connectivity index (χ3v) is 6.72. The van der Waals surface area contributed by atoms with E-state index in [1.165, 1.54) is 42.1 Å². The van der Waals surface area contributed by atoms with Crippen LogP contribution in [0.25, 0.3) is 32.3 Å². The standard InChI is InChI=1S/C21H14OS2/c22-12-15-11-17-16-7-3-4-8-19(16)24-20-10-14-6-2-1-5-13(14)9-18(20)21(17)23-15/h1-11,22H,12H2. The summed E-state index contributed by atoms with van der Waals surface area (Å²) in [5, 5.41) is 12.2. The molecule has 2 heterocycles. The zero-order valence-electron chi connectivity index (χ0n) is 12.8. The SMILES string of the molecule is OCc1cc2c(s1)-c1cc3ccccc3cc1Sc1ccccc1-2. The van der Waals surface area contributed by atoms with Crippen molar-refractivity contribution in [2.24, 2.45) is 0 Å². The van der Waals surface area contributed by atoms with Crippen molar-refractivity contribution >= 4 is 33.9 Å². The lowest BCUT2D eigenvalue weighted by atomic mass is 10.0.